The predicted octanol–water partition coefficient (Wildman–Crippen LogP) is 2.38. The van der Waals surface area contributed by atoms with E-state index in [-0.39, 0.29) is 17.7 Å². The molecule has 5 rings (SSSR count). The standard InChI is InChI=1S/C22H25N3O3S/c1-28-19-4-2-17(3-5-19)25-12-16(10-21(25)26)22(27)24-13-18(14-24)23-8-6-20-15(11-23)7-9-29-20/h2-5,7,9,16,18H,6,8,10-14H2,1H3. The largest absolute Gasteiger partial charge is 0.497 e. The van der Waals surface area contributed by atoms with Crippen LogP contribution in [-0.4, -0.2) is 60.9 Å². The van der Waals surface area contributed by atoms with Crippen LogP contribution in [0.4, 0.5) is 5.69 Å². The van der Waals surface area contributed by atoms with E-state index in [1.54, 1.807) is 12.0 Å². The van der Waals surface area contributed by atoms with Crippen molar-refractivity contribution < 1.29 is 14.3 Å². The minimum Gasteiger partial charge on any atom is -0.497 e. The topological polar surface area (TPSA) is 53.1 Å². The fraction of sp³-hybridized carbons (Fsp3) is 0.455. The molecule has 4 heterocycles. The van der Waals surface area contributed by atoms with E-state index in [0.29, 0.717) is 19.0 Å². The number of hydrogen-bond acceptors (Lipinski definition) is 5. The molecule has 1 atom stereocenters. The van der Waals surface area contributed by atoms with E-state index in [1.807, 2.05) is 40.5 Å². The van der Waals surface area contributed by atoms with Crippen molar-refractivity contribution in [3.8, 4) is 5.75 Å². The normalized spacial score (nSPS) is 22.5. The number of methoxy groups -OCH3 is 1. The van der Waals surface area contributed by atoms with Crippen LogP contribution in [-0.2, 0) is 22.6 Å². The quantitative estimate of drug-likeness (QED) is 0.775. The second kappa shape index (κ2) is 7.46. The number of nitrogens with zero attached hydrogens (tertiary/aromatic N) is 3. The SMILES string of the molecule is COc1ccc(N2CC(C(=O)N3CC(N4CCc5sccc5C4)C3)CC2=O)cc1. The Balaban J connectivity index is 1.17. The molecule has 2 fully saturated rings. The Labute approximate surface area is 174 Å². The number of thiophene rings is 1. The van der Waals surface area contributed by atoms with Crippen molar-refractivity contribution in [3.63, 3.8) is 0 Å². The average Bonchev–Trinajstić information content (AvgIpc) is 3.33. The third-order valence-electron chi connectivity index (χ3n) is 6.39. The highest BCUT2D eigenvalue weighted by atomic mass is 32.1. The summed E-state index contributed by atoms with van der Waals surface area (Å²) in [6, 6.07) is 10.1. The number of carbonyl (C=O) groups is 2. The molecule has 0 spiro atoms. The Morgan fingerprint density at radius 1 is 1.14 bits per heavy atom. The predicted molar refractivity (Wildman–Crippen MR) is 112 cm³/mol. The molecule has 6 nitrogen and oxygen atoms in total. The second-order valence-electron chi connectivity index (χ2n) is 8.09. The van der Waals surface area contributed by atoms with E-state index in [1.165, 1.54) is 10.4 Å². The molecule has 2 aromatic rings. The number of benzene rings is 1. The molecule has 3 aliphatic rings. The van der Waals surface area contributed by atoms with E-state index in [9.17, 15) is 9.59 Å². The van der Waals surface area contributed by atoms with E-state index < -0.39 is 0 Å². The molecule has 2 saturated heterocycles. The summed E-state index contributed by atoms with van der Waals surface area (Å²) in [6.45, 7) is 4.11. The van der Waals surface area contributed by atoms with Crippen molar-refractivity contribution in [3.05, 3.63) is 46.2 Å². The monoisotopic (exact) mass is 411 g/mol. The smallest absolute Gasteiger partial charge is 0.228 e. The van der Waals surface area contributed by atoms with E-state index in [2.05, 4.69) is 16.3 Å². The average molecular weight is 412 g/mol. The number of fused-ring (bicyclic) bond motifs is 1. The second-order valence-corrected chi connectivity index (χ2v) is 9.09. The molecular formula is C22H25N3O3S. The zero-order chi connectivity index (χ0) is 20.0. The lowest BCUT2D eigenvalue weighted by Crippen LogP contribution is -2.62. The Morgan fingerprint density at radius 3 is 2.69 bits per heavy atom. The van der Waals surface area contributed by atoms with Crippen molar-refractivity contribution in [1.29, 1.82) is 0 Å². The lowest BCUT2D eigenvalue weighted by Gasteiger charge is -2.47. The number of likely N-dealkylation sites (tertiary alicyclic amines) is 1. The van der Waals surface area contributed by atoms with Crippen molar-refractivity contribution in [2.75, 3.05) is 38.2 Å². The molecular weight excluding hydrogens is 386 g/mol. The molecule has 0 saturated carbocycles. The summed E-state index contributed by atoms with van der Waals surface area (Å²) in [7, 11) is 1.62. The maximum atomic E-state index is 12.9. The van der Waals surface area contributed by atoms with Gasteiger partial charge in [-0.1, -0.05) is 0 Å². The van der Waals surface area contributed by atoms with Gasteiger partial charge in [-0.15, -0.1) is 11.3 Å². The maximum Gasteiger partial charge on any atom is 0.228 e. The van der Waals surface area contributed by atoms with Crippen LogP contribution in [0.15, 0.2) is 35.7 Å². The summed E-state index contributed by atoms with van der Waals surface area (Å²) >= 11 is 1.85. The van der Waals surface area contributed by atoms with Gasteiger partial charge in [-0.2, -0.15) is 0 Å². The molecule has 1 aromatic carbocycles. The summed E-state index contributed by atoms with van der Waals surface area (Å²) in [5, 5.41) is 2.18. The summed E-state index contributed by atoms with van der Waals surface area (Å²) in [6.07, 6.45) is 1.42. The zero-order valence-electron chi connectivity index (χ0n) is 16.5. The molecule has 3 aliphatic heterocycles. The van der Waals surface area contributed by atoms with Crippen LogP contribution in [0.1, 0.15) is 16.9 Å². The highest BCUT2D eigenvalue weighted by molar-refractivity contribution is 7.10. The van der Waals surface area contributed by atoms with Gasteiger partial charge in [0.25, 0.3) is 0 Å². The third-order valence-corrected chi connectivity index (χ3v) is 7.41. The molecule has 0 N–H and O–H groups in total. The third kappa shape index (κ3) is 3.42. The first-order chi connectivity index (χ1) is 14.1. The molecule has 2 amide bonds. The van der Waals surface area contributed by atoms with Gasteiger partial charge in [-0.05, 0) is 47.7 Å². The Kier molecular flexibility index (Phi) is 4.80. The maximum absolute atomic E-state index is 12.9. The van der Waals surface area contributed by atoms with Gasteiger partial charge in [0.2, 0.25) is 11.8 Å². The van der Waals surface area contributed by atoms with E-state index in [0.717, 1.165) is 44.0 Å². The number of amides is 2. The molecule has 152 valence electrons. The number of ether oxygens (including phenoxy) is 1. The van der Waals surface area contributed by atoms with Gasteiger partial charge in [-0.3, -0.25) is 14.5 Å². The van der Waals surface area contributed by atoms with Crippen molar-refractivity contribution in [2.45, 2.75) is 25.4 Å². The van der Waals surface area contributed by atoms with Gasteiger partial charge in [0, 0.05) is 55.8 Å². The highest BCUT2D eigenvalue weighted by Gasteiger charge is 2.42. The first kappa shape index (κ1) is 18.6. The van der Waals surface area contributed by atoms with Crippen molar-refractivity contribution in [1.82, 2.24) is 9.80 Å². The molecule has 0 bridgehead atoms. The summed E-state index contributed by atoms with van der Waals surface area (Å²) in [4.78, 5) is 33.1. The van der Waals surface area contributed by atoms with Gasteiger partial charge >= 0.3 is 0 Å². The van der Waals surface area contributed by atoms with Crippen LogP contribution < -0.4 is 9.64 Å². The minimum atomic E-state index is -0.240. The van der Waals surface area contributed by atoms with Crippen molar-refractivity contribution in [2.24, 2.45) is 5.92 Å². The van der Waals surface area contributed by atoms with Gasteiger partial charge in [-0.25, -0.2) is 0 Å². The van der Waals surface area contributed by atoms with Crippen LogP contribution in [0.5, 0.6) is 5.75 Å². The van der Waals surface area contributed by atoms with Crippen LogP contribution in [0.2, 0.25) is 0 Å². The van der Waals surface area contributed by atoms with E-state index in [4.69, 9.17) is 4.74 Å². The molecule has 29 heavy (non-hydrogen) atoms. The first-order valence-corrected chi connectivity index (χ1v) is 11.0. The molecule has 1 aromatic heterocycles. The van der Waals surface area contributed by atoms with Crippen LogP contribution >= 0.6 is 11.3 Å². The minimum absolute atomic E-state index is 0.0200. The van der Waals surface area contributed by atoms with Crippen LogP contribution in [0.25, 0.3) is 0 Å². The lowest BCUT2D eigenvalue weighted by molar-refractivity contribution is -0.143. The number of carbonyl (C=O) groups excluding carboxylic acids is 2. The Bertz CT molecular complexity index is 920. The Morgan fingerprint density at radius 2 is 1.93 bits per heavy atom. The fourth-order valence-electron chi connectivity index (χ4n) is 4.59. The van der Waals surface area contributed by atoms with E-state index >= 15 is 0 Å². The summed E-state index contributed by atoms with van der Waals surface area (Å²) in [5.74, 6) is 0.660. The van der Waals surface area contributed by atoms with Gasteiger partial charge in [0.05, 0.1) is 13.0 Å². The van der Waals surface area contributed by atoms with Crippen molar-refractivity contribution >= 4 is 28.8 Å². The zero-order valence-corrected chi connectivity index (χ0v) is 17.4. The van der Waals surface area contributed by atoms with Crippen LogP contribution in [0.3, 0.4) is 0 Å². The van der Waals surface area contributed by atoms with Crippen LogP contribution in [0, 0.1) is 5.92 Å². The number of anilines is 1. The molecule has 7 heteroatoms. The number of rotatable bonds is 4. The first-order valence-electron chi connectivity index (χ1n) is 10.1. The lowest BCUT2D eigenvalue weighted by atomic mass is 9.99. The van der Waals surface area contributed by atoms with Gasteiger partial charge in [0.1, 0.15) is 5.75 Å². The fourth-order valence-corrected chi connectivity index (χ4v) is 5.48. The molecule has 1 unspecified atom stereocenters. The Hall–Kier alpha value is -2.38. The highest BCUT2D eigenvalue weighted by Crippen LogP contribution is 2.31. The number of hydrogen-bond donors (Lipinski definition) is 0. The summed E-state index contributed by atoms with van der Waals surface area (Å²) in [5.41, 5.74) is 2.27. The summed E-state index contributed by atoms with van der Waals surface area (Å²) < 4.78 is 5.18. The molecule has 0 radical (unpaired) electrons. The van der Waals surface area contributed by atoms with Gasteiger partial charge < -0.3 is 14.5 Å². The van der Waals surface area contributed by atoms with Gasteiger partial charge in [0.15, 0.2) is 0 Å². The molecule has 0 aliphatic carbocycles.